The Balaban J connectivity index is 2.04. The van der Waals surface area contributed by atoms with Gasteiger partial charge in [-0.05, 0) is 36.1 Å². The first-order chi connectivity index (χ1) is 11.4. The summed E-state index contributed by atoms with van der Waals surface area (Å²) in [6, 6.07) is 10.0. The zero-order valence-electron chi connectivity index (χ0n) is 13.6. The number of carbonyl (C=O) groups is 2. The predicted octanol–water partition coefficient (Wildman–Crippen LogP) is 3.73. The van der Waals surface area contributed by atoms with Crippen molar-refractivity contribution in [3.63, 3.8) is 0 Å². The van der Waals surface area contributed by atoms with Gasteiger partial charge < -0.3 is 4.90 Å². The van der Waals surface area contributed by atoms with Crippen LogP contribution in [0.25, 0.3) is 0 Å². The third-order valence-corrected chi connectivity index (χ3v) is 3.76. The maximum atomic E-state index is 13.2. The summed E-state index contributed by atoms with van der Waals surface area (Å²) in [6.07, 6.45) is 1.10. The lowest BCUT2D eigenvalue weighted by Crippen LogP contribution is -2.32. The third-order valence-electron chi connectivity index (χ3n) is 3.76. The van der Waals surface area contributed by atoms with Gasteiger partial charge in [0.05, 0.1) is 5.56 Å². The van der Waals surface area contributed by atoms with Crippen molar-refractivity contribution in [2.75, 3.05) is 13.6 Å². The molecular formula is C19H19F2NO2. The minimum Gasteiger partial charge on any atom is -0.341 e. The molecule has 0 saturated heterocycles. The fourth-order valence-electron chi connectivity index (χ4n) is 2.75. The number of aldehydes is 1. The number of halogens is 2. The Morgan fingerprint density at radius 2 is 1.79 bits per heavy atom. The summed E-state index contributed by atoms with van der Waals surface area (Å²) >= 11 is 0. The van der Waals surface area contributed by atoms with Gasteiger partial charge in [-0.2, -0.15) is 0 Å². The van der Waals surface area contributed by atoms with E-state index in [9.17, 15) is 18.4 Å². The van der Waals surface area contributed by atoms with Crippen LogP contribution in [0.2, 0.25) is 0 Å². The minimum atomic E-state index is -0.610. The van der Waals surface area contributed by atoms with Crippen molar-refractivity contribution in [3.8, 4) is 0 Å². The van der Waals surface area contributed by atoms with E-state index in [1.54, 1.807) is 31.3 Å². The molecule has 0 radical (unpaired) electrons. The van der Waals surface area contributed by atoms with Crippen molar-refractivity contribution >= 4 is 12.2 Å². The molecule has 1 amide bonds. The fourth-order valence-corrected chi connectivity index (χ4v) is 2.75. The third kappa shape index (κ3) is 4.47. The van der Waals surface area contributed by atoms with Crippen molar-refractivity contribution in [3.05, 3.63) is 70.8 Å². The van der Waals surface area contributed by atoms with E-state index in [-0.39, 0.29) is 11.8 Å². The molecule has 2 rings (SSSR count). The predicted molar refractivity (Wildman–Crippen MR) is 88.0 cm³/mol. The number of hydrogen-bond acceptors (Lipinski definition) is 2. The maximum absolute atomic E-state index is 13.2. The van der Waals surface area contributed by atoms with E-state index in [4.69, 9.17) is 0 Å². The van der Waals surface area contributed by atoms with Crippen LogP contribution in [0.15, 0.2) is 42.5 Å². The highest BCUT2D eigenvalue weighted by atomic mass is 19.1. The first kappa shape index (κ1) is 17.8. The largest absolute Gasteiger partial charge is 0.341 e. The number of nitrogens with zero attached hydrogens (tertiary/aromatic N) is 1. The Hall–Kier alpha value is -2.56. The van der Waals surface area contributed by atoms with E-state index in [0.717, 1.165) is 6.07 Å². The zero-order valence-corrected chi connectivity index (χ0v) is 13.6. The van der Waals surface area contributed by atoms with Gasteiger partial charge in [0.1, 0.15) is 11.6 Å². The molecule has 126 valence electrons. The standard InChI is InChI=1S/C19H19F2NO2/c1-13(7-14-8-16(20)10-17(21)9-14)11-22(2)19(24)18-6-4-3-5-15(18)12-23/h3-6,8-10,12-13H,7,11H2,1-2H3. The summed E-state index contributed by atoms with van der Waals surface area (Å²) in [5, 5.41) is 0. The molecule has 24 heavy (non-hydrogen) atoms. The van der Waals surface area contributed by atoms with Crippen molar-refractivity contribution in [1.29, 1.82) is 0 Å². The van der Waals surface area contributed by atoms with E-state index < -0.39 is 11.6 Å². The van der Waals surface area contributed by atoms with Crippen LogP contribution in [-0.4, -0.2) is 30.7 Å². The highest BCUT2D eigenvalue weighted by Gasteiger charge is 2.17. The van der Waals surface area contributed by atoms with Crippen LogP contribution in [0.3, 0.4) is 0 Å². The first-order valence-electron chi connectivity index (χ1n) is 7.65. The molecule has 0 aliphatic carbocycles. The van der Waals surface area contributed by atoms with Crippen LogP contribution in [-0.2, 0) is 6.42 Å². The highest BCUT2D eigenvalue weighted by Crippen LogP contribution is 2.15. The summed E-state index contributed by atoms with van der Waals surface area (Å²) in [5.41, 5.74) is 1.24. The van der Waals surface area contributed by atoms with Gasteiger partial charge in [0.2, 0.25) is 0 Å². The fraction of sp³-hybridized carbons (Fsp3) is 0.263. The Morgan fingerprint density at radius 1 is 1.17 bits per heavy atom. The molecule has 0 aromatic heterocycles. The molecule has 1 unspecified atom stereocenters. The average molecular weight is 331 g/mol. The van der Waals surface area contributed by atoms with Crippen molar-refractivity contribution in [1.82, 2.24) is 4.90 Å². The summed E-state index contributed by atoms with van der Waals surface area (Å²) < 4.78 is 26.5. The number of carbonyl (C=O) groups excluding carboxylic acids is 2. The van der Waals surface area contributed by atoms with Gasteiger partial charge in [-0.25, -0.2) is 8.78 Å². The molecule has 0 spiro atoms. The Bertz CT molecular complexity index is 726. The van der Waals surface area contributed by atoms with Gasteiger partial charge in [0, 0.05) is 25.2 Å². The number of hydrogen-bond donors (Lipinski definition) is 0. The molecule has 0 N–H and O–H groups in total. The van der Waals surface area contributed by atoms with Gasteiger partial charge in [-0.15, -0.1) is 0 Å². The average Bonchev–Trinajstić information content (AvgIpc) is 2.52. The first-order valence-corrected chi connectivity index (χ1v) is 7.65. The van der Waals surface area contributed by atoms with Crippen LogP contribution in [0.4, 0.5) is 8.78 Å². The van der Waals surface area contributed by atoms with Gasteiger partial charge in [-0.3, -0.25) is 9.59 Å². The van der Waals surface area contributed by atoms with Gasteiger partial charge >= 0.3 is 0 Å². The number of amides is 1. The van der Waals surface area contributed by atoms with Crippen LogP contribution in [0, 0.1) is 17.6 Å². The SMILES string of the molecule is CC(Cc1cc(F)cc(F)c1)CN(C)C(=O)c1ccccc1C=O. The van der Waals surface area contributed by atoms with E-state index in [1.807, 2.05) is 6.92 Å². The smallest absolute Gasteiger partial charge is 0.254 e. The maximum Gasteiger partial charge on any atom is 0.254 e. The molecule has 0 aliphatic rings. The van der Waals surface area contributed by atoms with Gasteiger partial charge in [0.15, 0.2) is 6.29 Å². The Kier molecular flexibility index (Phi) is 5.79. The van der Waals surface area contributed by atoms with Crippen molar-refractivity contribution in [2.24, 2.45) is 5.92 Å². The molecule has 1 atom stereocenters. The molecule has 0 fully saturated rings. The van der Waals surface area contributed by atoms with Crippen LogP contribution in [0.1, 0.15) is 33.2 Å². The Morgan fingerprint density at radius 3 is 2.42 bits per heavy atom. The van der Waals surface area contributed by atoms with Crippen LogP contribution in [0.5, 0.6) is 0 Å². The summed E-state index contributed by atoms with van der Waals surface area (Å²) in [7, 11) is 1.65. The van der Waals surface area contributed by atoms with Gasteiger partial charge in [0.25, 0.3) is 5.91 Å². The van der Waals surface area contributed by atoms with E-state index >= 15 is 0 Å². The minimum absolute atomic E-state index is 0.00328. The lowest BCUT2D eigenvalue weighted by atomic mass is 10.00. The molecule has 0 saturated carbocycles. The monoisotopic (exact) mass is 331 g/mol. The number of benzene rings is 2. The van der Waals surface area contributed by atoms with Gasteiger partial charge in [-0.1, -0.05) is 25.1 Å². The quantitative estimate of drug-likeness (QED) is 0.757. The molecule has 2 aromatic carbocycles. The van der Waals surface area contributed by atoms with E-state index in [2.05, 4.69) is 0 Å². The second-order valence-electron chi connectivity index (χ2n) is 5.98. The molecule has 0 heterocycles. The summed E-state index contributed by atoms with van der Waals surface area (Å²) in [5.74, 6) is -1.47. The zero-order chi connectivity index (χ0) is 17.7. The second kappa shape index (κ2) is 7.81. The van der Waals surface area contributed by atoms with Crippen LogP contribution >= 0.6 is 0 Å². The Labute approximate surface area is 139 Å². The summed E-state index contributed by atoms with van der Waals surface area (Å²) in [6.45, 7) is 2.31. The van der Waals surface area contributed by atoms with Crippen molar-refractivity contribution in [2.45, 2.75) is 13.3 Å². The second-order valence-corrected chi connectivity index (χ2v) is 5.98. The molecule has 0 aliphatic heterocycles. The highest BCUT2D eigenvalue weighted by molar-refractivity contribution is 6.01. The molecule has 3 nitrogen and oxygen atoms in total. The lowest BCUT2D eigenvalue weighted by molar-refractivity contribution is 0.0772. The molecule has 5 heteroatoms. The van der Waals surface area contributed by atoms with E-state index in [0.29, 0.717) is 35.9 Å². The lowest BCUT2D eigenvalue weighted by Gasteiger charge is -2.22. The number of rotatable bonds is 6. The molecular weight excluding hydrogens is 312 g/mol. The normalized spacial score (nSPS) is 11.8. The summed E-state index contributed by atoms with van der Waals surface area (Å²) in [4.78, 5) is 25.0. The molecule has 0 bridgehead atoms. The molecule has 2 aromatic rings. The van der Waals surface area contributed by atoms with E-state index in [1.165, 1.54) is 17.0 Å². The topological polar surface area (TPSA) is 37.4 Å². The van der Waals surface area contributed by atoms with Crippen LogP contribution < -0.4 is 0 Å². The van der Waals surface area contributed by atoms with Crippen molar-refractivity contribution < 1.29 is 18.4 Å².